The summed E-state index contributed by atoms with van der Waals surface area (Å²) in [6.45, 7) is 3.95. The van der Waals surface area contributed by atoms with Gasteiger partial charge in [0.1, 0.15) is 0 Å². The lowest BCUT2D eigenvalue weighted by atomic mass is 9.92. The Kier molecular flexibility index (Phi) is 3.76. The second kappa shape index (κ2) is 5.33. The van der Waals surface area contributed by atoms with Crippen LogP contribution >= 0.6 is 0 Å². The summed E-state index contributed by atoms with van der Waals surface area (Å²) >= 11 is 0. The van der Waals surface area contributed by atoms with Crippen molar-refractivity contribution in [2.24, 2.45) is 0 Å². The van der Waals surface area contributed by atoms with Crippen molar-refractivity contribution >= 4 is 11.4 Å². The van der Waals surface area contributed by atoms with Crippen LogP contribution in [-0.2, 0) is 5.54 Å². The van der Waals surface area contributed by atoms with E-state index in [9.17, 15) is 5.11 Å². The molecule has 4 N–H and O–H groups in total. The Morgan fingerprint density at radius 2 is 1.84 bits per heavy atom. The first-order valence-corrected chi connectivity index (χ1v) is 6.36. The highest BCUT2D eigenvalue weighted by Crippen LogP contribution is 2.29. The van der Waals surface area contributed by atoms with Gasteiger partial charge in [-0.25, -0.2) is 0 Å². The zero-order valence-electron chi connectivity index (χ0n) is 11.4. The van der Waals surface area contributed by atoms with Crippen molar-refractivity contribution < 1.29 is 5.11 Å². The smallest absolute Gasteiger partial charge is 0.0829 e. The molecule has 2 aromatic carbocycles. The molecule has 0 amide bonds. The van der Waals surface area contributed by atoms with Crippen molar-refractivity contribution in [1.82, 2.24) is 0 Å². The first-order valence-electron chi connectivity index (χ1n) is 6.36. The minimum atomic E-state index is -0.551. The van der Waals surface area contributed by atoms with Gasteiger partial charge in [0.2, 0.25) is 0 Å². The Morgan fingerprint density at radius 3 is 2.42 bits per heavy atom. The number of hydrogen-bond donors (Lipinski definition) is 3. The molecule has 0 fully saturated rings. The molecule has 0 heterocycles. The van der Waals surface area contributed by atoms with Crippen LogP contribution in [0, 0.1) is 6.92 Å². The molecule has 0 bridgehead atoms. The molecular weight excluding hydrogens is 236 g/mol. The van der Waals surface area contributed by atoms with Gasteiger partial charge in [-0.05, 0) is 37.1 Å². The maximum atomic E-state index is 9.74. The summed E-state index contributed by atoms with van der Waals surface area (Å²) in [5, 5.41) is 13.1. The summed E-state index contributed by atoms with van der Waals surface area (Å²) in [4.78, 5) is 0. The van der Waals surface area contributed by atoms with Gasteiger partial charge in [-0.2, -0.15) is 0 Å². The Hall–Kier alpha value is -2.00. The topological polar surface area (TPSA) is 58.3 Å². The Labute approximate surface area is 114 Å². The van der Waals surface area contributed by atoms with E-state index in [-0.39, 0.29) is 6.61 Å². The fourth-order valence-electron chi connectivity index (χ4n) is 2.10. The summed E-state index contributed by atoms with van der Waals surface area (Å²) < 4.78 is 0. The predicted molar refractivity (Wildman–Crippen MR) is 80.1 cm³/mol. The predicted octanol–water partition coefficient (Wildman–Crippen LogP) is 2.90. The highest BCUT2D eigenvalue weighted by atomic mass is 16.3. The molecule has 1 unspecified atom stereocenters. The van der Waals surface area contributed by atoms with Crippen LogP contribution in [0.5, 0.6) is 0 Å². The molecule has 0 aromatic heterocycles. The van der Waals surface area contributed by atoms with E-state index in [2.05, 4.69) is 5.32 Å². The number of rotatable bonds is 4. The first kappa shape index (κ1) is 13.4. The average molecular weight is 256 g/mol. The van der Waals surface area contributed by atoms with E-state index < -0.39 is 5.54 Å². The molecule has 2 aromatic rings. The molecule has 0 radical (unpaired) electrons. The van der Waals surface area contributed by atoms with E-state index in [1.54, 1.807) is 0 Å². The van der Waals surface area contributed by atoms with Gasteiger partial charge >= 0.3 is 0 Å². The summed E-state index contributed by atoms with van der Waals surface area (Å²) in [5.41, 5.74) is 9.14. The zero-order valence-corrected chi connectivity index (χ0v) is 11.4. The van der Waals surface area contributed by atoms with E-state index >= 15 is 0 Å². The maximum absolute atomic E-state index is 9.74. The van der Waals surface area contributed by atoms with Crippen LogP contribution in [0.25, 0.3) is 0 Å². The normalized spacial score (nSPS) is 13.8. The highest BCUT2D eigenvalue weighted by Gasteiger charge is 2.25. The van der Waals surface area contributed by atoms with Crippen LogP contribution in [-0.4, -0.2) is 11.7 Å². The number of aliphatic hydroxyl groups excluding tert-OH is 1. The van der Waals surface area contributed by atoms with Crippen LogP contribution in [0.1, 0.15) is 18.1 Å². The molecule has 0 saturated carbocycles. The minimum Gasteiger partial charge on any atom is -0.397 e. The van der Waals surface area contributed by atoms with Crippen LogP contribution < -0.4 is 11.1 Å². The van der Waals surface area contributed by atoms with E-state index in [0.717, 1.165) is 16.8 Å². The van der Waals surface area contributed by atoms with Crippen molar-refractivity contribution in [2.75, 3.05) is 17.7 Å². The van der Waals surface area contributed by atoms with Crippen LogP contribution in [0.2, 0.25) is 0 Å². The summed E-state index contributed by atoms with van der Waals surface area (Å²) in [7, 11) is 0. The third-order valence-electron chi connectivity index (χ3n) is 3.34. The standard InChI is InChI=1S/C16H20N2O/c1-12-8-9-15(14(17)10-12)18-16(2,11-19)13-6-4-3-5-7-13/h3-10,18-19H,11,17H2,1-2H3. The van der Waals surface area contributed by atoms with Crippen LogP contribution in [0.3, 0.4) is 0 Å². The van der Waals surface area contributed by atoms with Crippen molar-refractivity contribution in [2.45, 2.75) is 19.4 Å². The van der Waals surface area contributed by atoms with E-state index in [1.807, 2.05) is 62.4 Å². The molecule has 0 saturated heterocycles. The Bertz CT molecular complexity index is 554. The number of nitrogens with one attached hydrogen (secondary N) is 1. The molecule has 3 nitrogen and oxygen atoms in total. The lowest BCUT2D eigenvalue weighted by molar-refractivity contribution is 0.224. The molecule has 0 aliphatic heterocycles. The molecule has 100 valence electrons. The molecule has 0 aliphatic carbocycles. The largest absolute Gasteiger partial charge is 0.397 e. The van der Waals surface area contributed by atoms with E-state index in [4.69, 9.17) is 5.73 Å². The molecule has 0 spiro atoms. The van der Waals surface area contributed by atoms with Gasteiger partial charge in [0, 0.05) is 0 Å². The molecular formula is C16H20N2O. The molecule has 3 heteroatoms. The quantitative estimate of drug-likeness (QED) is 0.737. The van der Waals surface area contributed by atoms with Gasteiger partial charge in [0.05, 0.1) is 23.5 Å². The van der Waals surface area contributed by atoms with Gasteiger partial charge < -0.3 is 16.2 Å². The average Bonchev–Trinajstić information content (AvgIpc) is 2.43. The first-order chi connectivity index (χ1) is 9.05. The number of benzene rings is 2. The van der Waals surface area contributed by atoms with Crippen LogP contribution in [0.15, 0.2) is 48.5 Å². The minimum absolute atomic E-state index is 0.00959. The monoisotopic (exact) mass is 256 g/mol. The third kappa shape index (κ3) is 2.88. The number of nitrogens with two attached hydrogens (primary N) is 1. The van der Waals surface area contributed by atoms with Crippen LogP contribution in [0.4, 0.5) is 11.4 Å². The summed E-state index contributed by atoms with van der Waals surface area (Å²) in [6, 6.07) is 15.7. The Morgan fingerprint density at radius 1 is 1.16 bits per heavy atom. The molecule has 2 rings (SSSR count). The lowest BCUT2D eigenvalue weighted by Crippen LogP contribution is -2.36. The zero-order chi connectivity index (χ0) is 13.9. The number of hydrogen-bond acceptors (Lipinski definition) is 3. The third-order valence-corrected chi connectivity index (χ3v) is 3.34. The Balaban J connectivity index is 2.33. The maximum Gasteiger partial charge on any atom is 0.0829 e. The lowest BCUT2D eigenvalue weighted by Gasteiger charge is -2.31. The van der Waals surface area contributed by atoms with E-state index in [0.29, 0.717) is 5.69 Å². The molecule has 19 heavy (non-hydrogen) atoms. The number of nitrogen functional groups attached to an aromatic ring is 1. The van der Waals surface area contributed by atoms with Gasteiger partial charge in [-0.15, -0.1) is 0 Å². The SMILES string of the molecule is Cc1ccc(NC(C)(CO)c2ccccc2)c(N)c1. The second-order valence-corrected chi connectivity index (χ2v) is 5.07. The van der Waals surface area contributed by atoms with Gasteiger partial charge in [-0.3, -0.25) is 0 Å². The second-order valence-electron chi connectivity index (χ2n) is 5.07. The van der Waals surface area contributed by atoms with Gasteiger partial charge in [-0.1, -0.05) is 36.4 Å². The van der Waals surface area contributed by atoms with Crippen molar-refractivity contribution in [3.63, 3.8) is 0 Å². The fourth-order valence-corrected chi connectivity index (χ4v) is 2.10. The van der Waals surface area contributed by atoms with Crippen molar-refractivity contribution in [1.29, 1.82) is 0 Å². The summed E-state index contributed by atoms with van der Waals surface area (Å²) in [5.74, 6) is 0. The molecule has 0 aliphatic rings. The van der Waals surface area contributed by atoms with E-state index in [1.165, 1.54) is 0 Å². The van der Waals surface area contributed by atoms with Crippen molar-refractivity contribution in [3.8, 4) is 0 Å². The summed E-state index contributed by atoms with van der Waals surface area (Å²) in [6.07, 6.45) is 0. The highest BCUT2D eigenvalue weighted by molar-refractivity contribution is 5.68. The van der Waals surface area contributed by atoms with Crippen molar-refractivity contribution in [3.05, 3.63) is 59.7 Å². The fraction of sp³-hybridized carbons (Fsp3) is 0.250. The number of aliphatic hydroxyl groups is 1. The van der Waals surface area contributed by atoms with Gasteiger partial charge in [0.15, 0.2) is 0 Å². The number of anilines is 2. The van der Waals surface area contributed by atoms with Gasteiger partial charge in [0.25, 0.3) is 0 Å². The number of aryl methyl sites for hydroxylation is 1. The molecule has 1 atom stereocenters.